The summed E-state index contributed by atoms with van der Waals surface area (Å²) < 4.78 is 68.6. The van der Waals surface area contributed by atoms with Crippen molar-refractivity contribution in [2.45, 2.75) is 35.8 Å². The Balaban J connectivity index is 1.74. The molecule has 1 amide bonds. The summed E-state index contributed by atoms with van der Waals surface area (Å²) in [6, 6.07) is 15.4. The van der Waals surface area contributed by atoms with Crippen LogP contribution in [0.1, 0.15) is 24.2 Å². The molecule has 0 fully saturated rings. The van der Waals surface area contributed by atoms with E-state index in [1.165, 1.54) is 73.7 Å². The predicted octanol–water partition coefficient (Wildman–Crippen LogP) is 3.69. The van der Waals surface area contributed by atoms with Crippen molar-refractivity contribution in [1.29, 1.82) is 0 Å². The van der Waals surface area contributed by atoms with Crippen LogP contribution >= 0.6 is 11.6 Å². The Kier molecular flexibility index (Phi) is 9.92. The van der Waals surface area contributed by atoms with E-state index in [0.29, 0.717) is 10.8 Å². The van der Waals surface area contributed by atoms with Crippen molar-refractivity contribution in [2.24, 2.45) is 5.92 Å². The molecule has 0 saturated carbocycles. The van der Waals surface area contributed by atoms with Gasteiger partial charge in [-0.3, -0.25) is 9.52 Å². The van der Waals surface area contributed by atoms with E-state index < -0.39 is 44.0 Å². The van der Waals surface area contributed by atoms with Gasteiger partial charge in [-0.25, -0.2) is 16.8 Å². The molecule has 14 heteroatoms. The lowest BCUT2D eigenvalue weighted by Crippen LogP contribution is -2.50. The highest BCUT2D eigenvalue weighted by molar-refractivity contribution is 7.92. The van der Waals surface area contributed by atoms with Crippen molar-refractivity contribution in [2.75, 3.05) is 38.6 Å². The normalized spacial score (nSPS) is 18.3. The maximum atomic E-state index is 13.7. The topological polar surface area (TPSA) is 143 Å². The molecular formula is C29H34ClN3O8S2. The van der Waals surface area contributed by atoms with Crippen LogP contribution in [0.4, 0.5) is 5.69 Å². The van der Waals surface area contributed by atoms with Gasteiger partial charge >= 0.3 is 0 Å². The number of halogens is 1. The second-order valence-electron chi connectivity index (χ2n) is 10.3. The van der Waals surface area contributed by atoms with Crippen LogP contribution in [-0.2, 0) is 20.0 Å². The largest absolute Gasteiger partial charge is 0.497 e. The number of rotatable bonds is 10. The van der Waals surface area contributed by atoms with E-state index in [1.807, 2.05) is 0 Å². The molecule has 0 unspecified atom stereocenters. The Labute approximate surface area is 257 Å². The number of fused-ring (bicyclic) bond motifs is 1. The number of ether oxygens (including phenoxy) is 2. The fourth-order valence-electron chi connectivity index (χ4n) is 4.64. The number of para-hydroxylation sites is 1. The molecule has 0 bridgehead atoms. The van der Waals surface area contributed by atoms with E-state index in [4.69, 9.17) is 21.1 Å². The van der Waals surface area contributed by atoms with Crippen molar-refractivity contribution in [3.63, 3.8) is 0 Å². The first-order chi connectivity index (χ1) is 20.3. The number of sulfonamides is 2. The van der Waals surface area contributed by atoms with Gasteiger partial charge in [0.2, 0.25) is 10.0 Å². The third-order valence-electron chi connectivity index (χ3n) is 7.26. The minimum absolute atomic E-state index is 0.00262. The van der Waals surface area contributed by atoms with Crippen LogP contribution < -0.4 is 14.2 Å². The number of aliphatic hydroxyl groups is 1. The summed E-state index contributed by atoms with van der Waals surface area (Å²) in [5, 5.41) is 10.3. The van der Waals surface area contributed by atoms with Gasteiger partial charge in [-0.05, 0) is 67.6 Å². The summed E-state index contributed by atoms with van der Waals surface area (Å²) in [6.45, 7) is 3.21. The summed E-state index contributed by atoms with van der Waals surface area (Å²) in [6.07, 6.45) is -0.820. The Morgan fingerprint density at radius 1 is 1.07 bits per heavy atom. The van der Waals surface area contributed by atoms with E-state index >= 15 is 0 Å². The molecule has 1 heterocycles. The lowest BCUT2D eigenvalue weighted by molar-refractivity contribution is 0.0389. The number of hydrogen-bond acceptors (Lipinski definition) is 8. The Morgan fingerprint density at radius 3 is 2.30 bits per heavy atom. The Morgan fingerprint density at radius 2 is 1.70 bits per heavy atom. The van der Waals surface area contributed by atoms with E-state index in [2.05, 4.69) is 4.72 Å². The molecule has 3 atom stereocenters. The highest BCUT2D eigenvalue weighted by atomic mass is 35.5. The van der Waals surface area contributed by atoms with E-state index in [9.17, 15) is 26.7 Å². The van der Waals surface area contributed by atoms with Gasteiger partial charge in [0.05, 0.1) is 47.3 Å². The first kappa shape index (κ1) is 32.6. The monoisotopic (exact) mass is 651 g/mol. The molecule has 0 saturated heterocycles. The molecule has 0 aliphatic carbocycles. The van der Waals surface area contributed by atoms with Crippen molar-refractivity contribution in [3.05, 3.63) is 77.3 Å². The summed E-state index contributed by atoms with van der Waals surface area (Å²) in [5.74, 6) is -0.437. The molecule has 2 N–H and O–H groups in total. The summed E-state index contributed by atoms with van der Waals surface area (Å²) in [5.41, 5.74) is 0.0614. The number of nitrogens with zero attached hydrogens (tertiary/aromatic N) is 2. The van der Waals surface area contributed by atoms with Crippen molar-refractivity contribution in [1.82, 2.24) is 9.21 Å². The number of amides is 1. The second-order valence-corrected chi connectivity index (χ2v) is 14.5. The van der Waals surface area contributed by atoms with Crippen LogP contribution in [0.15, 0.2) is 76.5 Å². The Hall–Kier alpha value is -3.36. The van der Waals surface area contributed by atoms with Crippen LogP contribution in [0.2, 0.25) is 5.02 Å². The van der Waals surface area contributed by atoms with Crippen LogP contribution in [0.5, 0.6) is 11.5 Å². The van der Waals surface area contributed by atoms with Gasteiger partial charge in [-0.2, -0.15) is 4.31 Å². The van der Waals surface area contributed by atoms with Crippen LogP contribution in [0.3, 0.4) is 0 Å². The van der Waals surface area contributed by atoms with E-state index in [0.717, 1.165) is 4.31 Å². The molecule has 0 spiro atoms. The number of likely N-dealkylation sites (N-methyl/N-ethyl adjacent to an activating group) is 1. The molecule has 4 rings (SSSR count). The second kappa shape index (κ2) is 13.1. The quantitative estimate of drug-likeness (QED) is 0.338. The molecule has 0 aromatic heterocycles. The zero-order chi connectivity index (χ0) is 31.5. The van der Waals surface area contributed by atoms with Crippen LogP contribution in [0.25, 0.3) is 0 Å². The van der Waals surface area contributed by atoms with Crippen molar-refractivity contribution in [3.8, 4) is 11.5 Å². The number of carbonyl (C=O) groups is 1. The summed E-state index contributed by atoms with van der Waals surface area (Å²) >= 11 is 5.93. The molecule has 3 aromatic carbocycles. The van der Waals surface area contributed by atoms with Gasteiger partial charge in [0, 0.05) is 24.5 Å². The average Bonchev–Trinajstić information content (AvgIpc) is 2.98. The number of anilines is 1. The maximum absolute atomic E-state index is 13.7. The van der Waals surface area contributed by atoms with E-state index in [1.54, 1.807) is 26.0 Å². The fourth-order valence-corrected chi connectivity index (χ4v) is 7.01. The van der Waals surface area contributed by atoms with Crippen molar-refractivity contribution < 1.29 is 36.2 Å². The van der Waals surface area contributed by atoms with Gasteiger partial charge < -0.3 is 19.5 Å². The fraction of sp³-hybridized carbons (Fsp3) is 0.345. The third-order valence-corrected chi connectivity index (χ3v) is 10.7. The van der Waals surface area contributed by atoms with Crippen molar-refractivity contribution >= 4 is 43.2 Å². The highest BCUT2D eigenvalue weighted by Crippen LogP contribution is 2.36. The molecule has 1 aliphatic heterocycles. The molecule has 1 aliphatic rings. The van der Waals surface area contributed by atoms with Gasteiger partial charge in [0.25, 0.3) is 15.9 Å². The number of benzene rings is 3. The average molecular weight is 652 g/mol. The molecule has 3 aromatic rings. The zero-order valence-corrected chi connectivity index (χ0v) is 26.5. The van der Waals surface area contributed by atoms with Crippen LogP contribution in [0, 0.1) is 5.92 Å². The highest BCUT2D eigenvalue weighted by Gasteiger charge is 2.36. The standard InChI is InChI=1S/C29H34ClN3O8S2/c1-19-16-33(20(2)18-34)29(35)25-6-5-7-26(31-42(36,37)23-12-8-21(30)9-13-23)28(25)41-27(19)17-32(3)43(38,39)24-14-10-22(40-4)11-15-24/h5-15,19-20,27,31,34H,16-18H2,1-4H3/t19-,20+,27+/m0/s1. The summed E-state index contributed by atoms with van der Waals surface area (Å²) in [7, 11) is -5.18. The van der Waals surface area contributed by atoms with E-state index in [-0.39, 0.29) is 46.5 Å². The molecule has 0 radical (unpaired) electrons. The van der Waals surface area contributed by atoms with Crippen LogP contribution in [-0.4, -0.2) is 83.1 Å². The first-order valence-corrected chi connectivity index (χ1v) is 16.7. The number of aliphatic hydroxyl groups excluding tert-OH is 1. The Bertz CT molecular complexity index is 1670. The molecule has 232 valence electrons. The minimum Gasteiger partial charge on any atom is -0.497 e. The van der Waals surface area contributed by atoms with Gasteiger partial charge in [-0.15, -0.1) is 0 Å². The number of hydrogen-bond donors (Lipinski definition) is 2. The summed E-state index contributed by atoms with van der Waals surface area (Å²) in [4.78, 5) is 15.2. The van der Waals surface area contributed by atoms with Gasteiger partial charge in [0.1, 0.15) is 11.9 Å². The SMILES string of the molecule is COc1ccc(S(=O)(=O)N(C)C[C@H]2Oc3c(NS(=O)(=O)c4ccc(Cl)cc4)cccc3C(=O)N([C@H](C)CO)C[C@@H]2C)cc1. The number of nitrogens with one attached hydrogen (secondary N) is 1. The molecule has 43 heavy (non-hydrogen) atoms. The third kappa shape index (κ3) is 7.07. The predicted molar refractivity (Wildman–Crippen MR) is 163 cm³/mol. The first-order valence-electron chi connectivity index (χ1n) is 13.4. The van der Waals surface area contributed by atoms with Gasteiger partial charge in [-0.1, -0.05) is 24.6 Å². The zero-order valence-electron chi connectivity index (χ0n) is 24.1. The molecule has 11 nitrogen and oxygen atoms in total. The molecular weight excluding hydrogens is 618 g/mol. The smallest absolute Gasteiger partial charge is 0.262 e. The maximum Gasteiger partial charge on any atom is 0.262 e. The number of methoxy groups -OCH3 is 1. The lowest BCUT2D eigenvalue weighted by atomic mass is 9.99. The lowest BCUT2D eigenvalue weighted by Gasteiger charge is -2.38. The van der Waals surface area contributed by atoms with Gasteiger partial charge in [0.15, 0.2) is 5.75 Å². The minimum atomic E-state index is -4.13. The number of carbonyl (C=O) groups excluding carboxylic acids is 1.